The molecule has 0 atom stereocenters. The standard InChI is InChI=1S/C15H12N6O4/c22-15(12-6-7-13(25-12)21(23)24)16-10-3-1-2-9(8-10)14-17-18-19-20(14)11-4-5-11/h1-3,6-8,11H,4-5H2,(H,16,22). The van der Waals surface area contributed by atoms with Crippen LogP contribution in [0, 0.1) is 10.1 Å². The Morgan fingerprint density at radius 2 is 2.16 bits per heavy atom. The number of nitrogens with zero attached hydrogens (tertiary/aromatic N) is 5. The van der Waals surface area contributed by atoms with Gasteiger partial charge in [0.2, 0.25) is 0 Å². The molecule has 0 spiro atoms. The van der Waals surface area contributed by atoms with Gasteiger partial charge in [-0.15, -0.1) is 5.10 Å². The smallest absolute Gasteiger partial charge is 0.395 e. The van der Waals surface area contributed by atoms with Crippen LogP contribution in [0.5, 0.6) is 0 Å². The molecule has 1 N–H and O–H groups in total. The number of anilines is 1. The van der Waals surface area contributed by atoms with Gasteiger partial charge in [0.25, 0.3) is 5.91 Å². The third-order valence-corrected chi connectivity index (χ3v) is 3.76. The van der Waals surface area contributed by atoms with E-state index >= 15 is 0 Å². The Balaban J connectivity index is 1.55. The summed E-state index contributed by atoms with van der Waals surface area (Å²) >= 11 is 0. The molecule has 1 fully saturated rings. The van der Waals surface area contributed by atoms with Crippen LogP contribution in [0.4, 0.5) is 11.6 Å². The lowest BCUT2D eigenvalue weighted by atomic mass is 10.2. The van der Waals surface area contributed by atoms with Gasteiger partial charge in [-0.1, -0.05) is 12.1 Å². The molecule has 10 nitrogen and oxygen atoms in total. The minimum atomic E-state index is -0.699. The van der Waals surface area contributed by atoms with Crippen molar-refractivity contribution >= 4 is 17.5 Å². The molecule has 2 aromatic heterocycles. The van der Waals surface area contributed by atoms with Gasteiger partial charge in [-0.05, 0) is 41.5 Å². The lowest BCUT2D eigenvalue weighted by Gasteiger charge is -2.06. The second kappa shape index (κ2) is 5.82. The Labute approximate surface area is 140 Å². The van der Waals surface area contributed by atoms with Crippen molar-refractivity contribution in [3.63, 3.8) is 0 Å². The van der Waals surface area contributed by atoms with E-state index in [0.717, 1.165) is 24.5 Å². The number of nitro groups is 1. The monoisotopic (exact) mass is 340 g/mol. The second-order valence-electron chi connectivity index (χ2n) is 5.61. The summed E-state index contributed by atoms with van der Waals surface area (Å²) in [5.41, 5.74) is 1.27. The Morgan fingerprint density at radius 3 is 2.88 bits per heavy atom. The fourth-order valence-corrected chi connectivity index (χ4v) is 2.43. The van der Waals surface area contributed by atoms with Gasteiger partial charge in [0.1, 0.15) is 4.92 Å². The van der Waals surface area contributed by atoms with Gasteiger partial charge in [-0.2, -0.15) is 0 Å². The predicted octanol–water partition coefficient (Wildman–Crippen LogP) is 2.43. The van der Waals surface area contributed by atoms with Crippen LogP contribution in [-0.2, 0) is 0 Å². The SMILES string of the molecule is O=C(Nc1cccc(-c2nnnn2C2CC2)c1)c1ccc([N+](=O)[O-])o1. The maximum atomic E-state index is 12.2. The molecule has 2 heterocycles. The molecule has 0 saturated heterocycles. The highest BCUT2D eigenvalue weighted by Gasteiger charge is 2.28. The highest BCUT2D eigenvalue weighted by atomic mass is 16.6. The molecule has 0 unspecified atom stereocenters. The third kappa shape index (κ3) is 2.96. The summed E-state index contributed by atoms with van der Waals surface area (Å²) in [6.07, 6.45) is 2.09. The van der Waals surface area contributed by atoms with Crippen LogP contribution in [0.1, 0.15) is 29.4 Å². The Morgan fingerprint density at radius 1 is 1.32 bits per heavy atom. The van der Waals surface area contributed by atoms with Crippen molar-refractivity contribution in [3.05, 3.63) is 52.3 Å². The normalized spacial score (nSPS) is 13.6. The van der Waals surface area contributed by atoms with Crippen molar-refractivity contribution in [3.8, 4) is 11.4 Å². The summed E-state index contributed by atoms with van der Waals surface area (Å²) in [6, 6.07) is 9.76. The van der Waals surface area contributed by atoms with Crippen LogP contribution >= 0.6 is 0 Å². The second-order valence-corrected chi connectivity index (χ2v) is 5.61. The number of tetrazole rings is 1. The van der Waals surface area contributed by atoms with E-state index in [2.05, 4.69) is 20.8 Å². The summed E-state index contributed by atoms with van der Waals surface area (Å²) in [5.74, 6) is -0.568. The van der Waals surface area contributed by atoms with Crippen molar-refractivity contribution in [2.75, 3.05) is 5.32 Å². The first-order valence-electron chi connectivity index (χ1n) is 7.56. The molecule has 4 rings (SSSR count). The first kappa shape index (κ1) is 15.0. The number of aromatic nitrogens is 4. The molecule has 0 bridgehead atoms. The van der Waals surface area contributed by atoms with Gasteiger partial charge in [-0.3, -0.25) is 14.9 Å². The molecule has 0 aliphatic heterocycles. The molecule has 3 aromatic rings. The van der Waals surface area contributed by atoms with Crippen molar-refractivity contribution in [1.29, 1.82) is 0 Å². The largest absolute Gasteiger partial charge is 0.433 e. The minimum Gasteiger partial charge on any atom is -0.395 e. The molecule has 1 aliphatic carbocycles. The van der Waals surface area contributed by atoms with E-state index in [4.69, 9.17) is 4.42 Å². The zero-order valence-electron chi connectivity index (χ0n) is 12.8. The van der Waals surface area contributed by atoms with Gasteiger partial charge in [0, 0.05) is 11.3 Å². The first-order chi connectivity index (χ1) is 12.1. The number of carbonyl (C=O) groups excluding carboxylic acids is 1. The number of carbonyl (C=O) groups is 1. The van der Waals surface area contributed by atoms with E-state index in [9.17, 15) is 14.9 Å². The zero-order valence-corrected chi connectivity index (χ0v) is 12.8. The molecular formula is C15H12N6O4. The molecule has 1 amide bonds. The van der Waals surface area contributed by atoms with Crippen LogP contribution in [0.25, 0.3) is 11.4 Å². The number of amides is 1. The van der Waals surface area contributed by atoms with Gasteiger partial charge < -0.3 is 9.73 Å². The molecule has 1 aliphatic rings. The number of nitrogens with one attached hydrogen (secondary N) is 1. The van der Waals surface area contributed by atoms with Crippen molar-refractivity contribution in [1.82, 2.24) is 20.2 Å². The molecule has 25 heavy (non-hydrogen) atoms. The van der Waals surface area contributed by atoms with E-state index in [1.807, 2.05) is 6.07 Å². The van der Waals surface area contributed by atoms with Crippen molar-refractivity contribution in [2.24, 2.45) is 0 Å². The summed E-state index contributed by atoms with van der Waals surface area (Å²) in [7, 11) is 0. The van der Waals surface area contributed by atoms with Crippen molar-refractivity contribution in [2.45, 2.75) is 18.9 Å². The summed E-state index contributed by atoms with van der Waals surface area (Å²) in [5, 5.41) is 25.0. The quantitative estimate of drug-likeness (QED) is 0.557. The number of hydrogen-bond acceptors (Lipinski definition) is 7. The molecular weight excluding hydrogens is 328 g/mol. The summed E-state index contributed by atoms with van der Waals surface area (Å²) < 4.78 is 6.67. The van der Waals surface area contributed by atoms with Crippen LogP contribution in [0.3, 0.4) is 0 Å². The number of benzene rings is 1. The topological polar surface area (TPSA) is 129 Å². The Hall–Kier alpha value is -3.56. The molecule has 1 aromatic carbocycles. The van der Waals surface area contributed by atoms with E-state index in [-0.39, 0.29) is 5.76 Å². The van der Waals surface area contributed by atoms with Gasteiger partial charge in [0.05, 0.1) is 12.1 Å². The summed E-state index contributed by atoms with van der Waals surface area (Å²) in [6.45, 7) is 0. The third-order valence-electron chi connectivity index (χ3n) is 3.76. The average Bonchev–Trinajstić information content (AvgIpc) is 3.13. The lowest BCUT2D eigenvalue weighted by Crippen LogP contribution is -2.11. The number of rotatable bonds is 5. The van der Waals surface area contributed by atoms with Crippen LogP contribution in [-0.4, -0.2) is 31.0 Å². The van der Waals surface area contributed by atoms with E-state index in [1.54, 1.807) is 22.9 Å². The minimum absolute atomic E-state index is 0.139. The van der Waals surface area contributed by atoms with Crippen molar-refractivity contribution < 1.29 is 14.1 Å². The highest BCUT2D eigenvalue weighted by Crippen LogP contribution is 2.36. The maximum absolute atomic E-state index is 12.2. The van der Waals surface area contributed by atoms with Crippen LogP contribution in [0.15, 0.2) is 40.8 Å². The highest BCUT2D eigenvalue weighted by molar-refractivity contribution is 6.02. The van der Waals surface area contributed by atoms with Gasteiger partial charge in [-0.25, -0.2) is 4.68 Å². The Kier molecular flexibility index (Phi) is 3.49. The fraction of sp³-hybridized carbons (Fsp3) is 0.200. The Bertz CT molecular complexity index is 958. The fourth-order valence-electron chi connectivity index (χ4n) is 2.43. The zero-order chi connectivity index (χ0) is 17.4. The summed E-state index contributed by atoms with van der Waals surface area (Å²) in [4.78, 5) is 22.1. The first-order valence-corrected chi connectivity index (χ1v) is 7.56. The average molecular weight is 340 g/mol. The number of hydrogen-bond donors (Lipinski definition) is 1. The van der Waals surface area contributed by atoms with Gasteiger partial charge in [0.15, 0.2) is 11.6 Å². The van der Waals surface area contributed by atoms with Crippen LogP contribution in [0.2, 0.25) is 0 Å². The van der Waals surface area contributed by atoms with E-state index in [1.165, 1.54) is 6.07 Å². The van der Waals surface area contributed by atoms with E-state index in [0.29, 0.717) is 17.6 Å². The molecule has 126 valence electrons. The lowest BCUT2D eigenvalue weighted by molar-refractivity contribution is -0.402. The maximum Gasteiger partial charge on any atom is 0.433 e. The molecule has 0 radical (unpaired) electrons. The molecule has 10 heteroatoms. The van der Waals surface area contributed by atoms with Gasteiger partial charge >= 0.3 is 5.88 Å². The predicted molar refractivity (Wildman–Crippen MR) is 84.8 cm³/mol. The van der Waals surface area contributed by atoms with Crippen LogP contribution < -0.4 is 5.32 Å². The molecule has 1 saturated carbocycles. The van der Waals surface area contributed by atoms with E-state index < -0.39 is 16.7 Å². The number of furan rings is 1.